The maximum atomic E-state index is 4.53. The number of rotatable bonds is 1. The lowest BCUT2D eigenvalue weighted by Crippen LogP contribution is -2.43. The van der Waals surface area contributed by atoms with Gasteiger partial charge in [0.05, 0.1) is 0 Å². The van der Waals surface area contributed by atoms with Crippen LogP contribution in [-0.4, -0.2) is 14.8 Å². The minimum absolute atomic E-state index is 0.180. The molecule has 6 rings (SSSR count). The first kappa shape index (κ1) is 20.2. The average molecular weight is 426 g/mol. The normalized spacial score (nSPS) is 28.7. The van der Waals surface area contributed by atoms with Crippen LogP contribution in [0.25, 0.3) is 22.5 Å². The van der Waals surface area contributed by atoms with Crippen molar-refractivity contribution in [2.24, 2.45) is 17.9 Å². The lowest BCUT2D eigenvalue weighted by Gasteiger charge is -2.48. The molecule has 3 aromatic rings. The van der Waals surface area contributed by atoms with Crippen molar-refractivity contribution < 1.29 is 0 Å². The van der Waals surface area contributed by atoms with Crippen molar-refractivity contribution in [1.29, 1.82) is 0 Å². The fourth-order valence-electron chi connectivity index (χ4n) is 8.35. The molecule has 2 saturated carbocycles. The molecule has 0 aliphatic heterocycles. The number of aryl methyl sites for hydroxylation is 2. The molecule has 0 radical (unpaired) electrons. The monoisotopic (exact) mass is 425 g/mol. The molecule has 0 unspecified atom stereocenters. The first-order chi connectivity index (χ1) is 15.0. The van der Waals surface area contributed by atoms with Crippen LogP contribution >= 0.6 is 0 Å². The van der Waals surface area contributed by atoms with Crippen LogP contribution in [0.5, 0.6) is 0 Å². The first-order valence-electron chi connectivity index (χ1n) is 12.1. The van der Waals surface area contributed by atoms with Gasteiger partial charge in [0, 0.05) is 23.4 Å². The second-order valence-electron chi connectivity index (χ2n) is 12.6. The smallest absolute Gasteiger partial charge is 0.163 e. The summed E-state index contributed by atoms with van der Waals surface area (Å²) in [5.41, 5.74) is 9.70. The molecule has 3 aliphatic carbocycles. The van der Waals surface area contributed by atoms with Gasteiger partial charge in [-0.25, -0.2) is 0 Å². The van der Waals surface area contributed by atoms with Crippen LogP contribution in [0, 0.1) is 24.7 Å². The minimum Gasteiger partial charge on any atom is -0.314 e. The van der Waals surface area contributed by atoms with Gasteiger partial charge < -0.3 is 4.57 Å². The van der Waals surface area contributed by atoms with Gasteiger partial charge in [0.25, 0.3) is 0 Å². The van der Waals surface area contributed by atoms with E-state index < -0.39 is 0 Å². The Morgan fingerprint density at radius 3 is 1.78 bits per heavy atom. The molecule has 1 aromatic heterocycles. The number of benzene rings is 2. The fourth-order valence-corrected chi connectivity index (χ4v) is 8.35. The number of nitrogens with zero attached hydrogens (tertiary/aromatic N) is 3. The molecule has 2 aromatic carbocycles. The van der Waals surface area contributed by atoms with E-state index in [2.05, 4.69) is 92.8 Å². The van der Waals surface area contributed by atoms with E-state index in [1.165, 1.54) is 47.9 Å². The lowest BCUT2D eigenvalue weighted by atomic mass is 9.55. The number of hydrogen-bond donors (Lipinski definition) is 0. The molecule has 0 N–H and O–H groups in total. The van der Waals surface area contributed by atoms with Crippen LogP contribution in [-0.2, 0) is 17.9 Å². The number of aromatic nitrogens is 3. The largest absolute Gasteiger partial charge is 0.314 e. The van der Waals surface area contributed by atoms with Gasteiger partial charge in [-0.2, -0.15) is 0 Å². The molecule has 32 heavy (non-hydrogen) atoms. The highest BCUT2D eigenvalue weighted by Gasteiger charge is 2.70. The Balaban J connectivity index is 1.70. The third kappa shape index (κ3) is 2.43. The number of hydrogen-bond acceptors (Lipinski definition) is 2. The van der Waals surface area contributed by atoms with Crippen molar-refractivity contribution in [3.05, 3.63) is 58.9 Å². The Bertz CT molecular complexity index is 1250. The van der Waals surface area contributed by atoms with Crippen molar-refractivity contribution in [2.45, 2.75) is 78.1 Å². The number of fused-ring (bicyclic) bond motifs is 3. The van der Waals surface area contributed by atoms with Gasteiger partial charge >= 0.3 is 0 Å². The Hall–Kier alpha value is -2.42. The van der Waals surface area contributed by atoms with E-state index in [0.29, 0.717) is 10.8 Å². The summed E-state index contributed by atoms with van der Waals surface area (Å²) >= 11 is 0. The topological polar surface area (TPSA) is 30.7 Å². The molecule has 2 fully saturated rings. The summed E-state index contributed by atoms with van der Waals surface area (Å²) in [6, 6.07) is 14.3. The molecule has 1 heterocycles. The van der Waals surface area contributed by atoms with Crippen molar-refractivity contribution in [1.82, 2.24) is 14.8 Å². The molecule has 0 bridgehead atoms. The van der Waals surface area contributed by atoms with E-state index in [9.17, 15) is 0 Å². The SMILES string of the molecule is Cc1ccc2c(c1)C13CC(C)(C)CC1(CC(C)(C)C3)c1cc(-c3nnc(C)n3C)ccc1-2. The van der Waals surface area contributed by atoms with Gasteiger partial charge in [-0.05, 0) is 78.7 Å². The second-order valence-corrected chi connectivity index (χ2v) is 12.6. The van der Waals surface area contributed by atoms with E-state index in [-0.39, 0.29) is 10.8 Å². The summed E-state index contributed by atoms with van der Waals surface area (Å²) in [6.45, 7) is 14.3. The summed E-state index contributed by atoms with van der Waals surface area (Å²) in [4.78, 5) is 0. The quantitative estimate of drug-likeness (QED) is 0.425. The summed E-state index contributed by atoms with van der Waals surface area (Å²) in [7, 11) is 2.07. The van der Waals surface area contributed by atoms with E-state index in [4.69, 9.17) is 0 Å². The minimum atomic E-state index is 0.180. The van der Waals surface area contributed by atoms with Crippen LogP contribution in [0.3, 0.4) is 0 Å². The molecular weight excluding hydrogens is 390 g/mol. The van der Waals surface area contributed by atoms with E-state index >= 15 is 0 Å². The summed E-state index contributed by atoms with van der Waals surface area (Å²) in [6.07, 6.45) is 5.05. The molecule has 166 valence electrons. The Morgan fingerprint density at radius 2 is 1.25 bits per heavy atom. The van der Waals surface area contributed by atoms with E-state index in [1.807, 2.05) is 6.92 Å². The summed E-state index contributed by atoms with van der Waals surface area (Å²) < 4.78 is 2.12. The maximum Gasteiger partial charge on any atom is 0.163 e. The first-order valence-corrected chi connectivity index (χ1v) is 12.1. The van der Waals surface area contributed by atoms with Gasteiger partial charge in [0.2, 0.25) is 0 Å². The predicted octanol–water partition coefficient (Wildman–Crippen LogP) is 6.90. The van der Waals surface area contributed by atoms with Crippen LogP contribution in [0.1, 0.15) is 75.9 Å². The van der Waals surface area contributed by atoms with Crippen LogP contribution < -0.4 is 0 Å². The highest BCUT2D eigenvalue weighted by Crippen LogP contribution is 2.76. The van der Waals surface area contributed by atoms with Gasteiger partial charge in [-0.1, -0.05) is 63.6 Å². The Kier molecular flexibility index (Phi) is 3.74. The maximum absolute atomic E-state index is 4.53. The molecular formula is C29H35N3. The van der Waals surface area contributed by atoms with E-state index in [0.717, 1.165) is 11.6 Å². The molecule has 0 amide bonds. The van der Waals surface area contributed by atoms with Crippen molar-refractivity contribution in [3.8, 4) is 22.5 Å². The zero-order valence-corrected chi connectivity index (χ0v) is 20.6. The standard InChI is InChI=1S/C29H35N3/c1-18-8-10-21-22-11-9-20(25-31-30-19(2)32(25)7)13-24(22)29-16-26(3,4)14-28(29,23(21)12-18)15-27(5,6)17-29/h8-13H,14-17H2,1-7H3. The highest BCUT2D eigenvalue weighted by atomic mass is 15.3. The summed E-state index contributed by atoms with van der Waals surface area (Å²) in [5, 5.41) is 8.87. The summed E-state index contributed by atoms with van der Waals surface area (Å²) in [5.74, 6) is 1.92. The molecule has 0 atom stereocenters. The Labute approximate surface area is 192 Å². The zero-order valence-electron chi connectivity index (χ0n) is 20.6. The van der Waals surface area contributed by atoms with Gasteiger partial charge in [-0.15, -0.1) is 10.2 Å². The second kappa shape index (κ2) is 5.92. The molecule has 3 heteroatoms. The van der Waals surface area contributed by atoms with Gasteiger partial charge in [0.1, 0.15) is 5.82 Å². The van der Waals surface area contributed by atoms with Crippen molar-refractivity contribution >= 4 is 0 Å². The fraction of sp³-hybridized carbons (Fsp3) is 0.517. The van der Waals surface area contributed by atoms with Gasteiger partial charge in [0.15, 0.2) is 5.82 Å². The molecule has 0 spiro atoms. The van der Waals surface area contributed by atoms with Gasteiger partial charge in [-0.3, -0.25) is 0 Å². The molecule has 3 aliphatic rings. The third-order valence-corrected chi connectivity index (χ3v) is 8.90. The van der Waals surface area contributed by atoms with E-state index in [1.54, 1.807) is 11.1 Å². The van der Waals surface area contributed by atoms with Crippen molar-refractivity contribution in [2.75, 3.05) is 0 Å². The zero-order chi connectivity index (χ0) is 22.7. The molecule has 3 nitrogen and oxygen atoms in total. The predicted molar refractivity (Wildman–Crippen MR) is 131 cm³/mol. The lowest BCUT2D eigenvalue weighted by molar-refractivity contribution is 0.264. The van der Waals surface area contributed by atoms with Crippen LogP contribution in [0.2, 0.25) is 0 Å². The van der Waals surface area contributed by atoms with Crippen LogP contribution in [0.15, 0.2) is 36.4 Å². The van der Waals surface area contributed by atoms with Crippen LogP contribution in [0.4, 0.5) is 0 Å². The average Bonchev–Trinajstić information content (AvgIpc) is 3.23. The molecule has 0 saturated heterocycles. The highest BCUT2D eigenvalue weighted by molar-refractivity contribution is 5.81. The van der Waals surface area contributed by atoms with Crippen molar-refractivity contribution in [3.63, 3.8) is 0 Å². The third-order valence-electron chi connectivity index (χ3n) is 8.90. The Morgan fingerprint density at radius 1 is 0.719 bits per heavy atom.